The molecule has 20 heavy (non-hydrogen) atoms. The Morgan fingerprint density at radius 3 is 2.75 bits per heavy atom. The highest BCUT2D eigenvalue weighted by Crippen LogP contribution is 2.32. The summed E-state index contributed by atoms with van der Waals surface area (Å²) in [6.45, 7) is 5.66. The van der Waals surface area contributed by atoms with E-state index in [0.717, 1.165) is 39.0 Å². The lowest BCUT2D eigenvalue weighted by Crippen LogP contribution is -2.36. The molecule has 1 aromatic carbocycles. The Hall–Kier alpha value is -1.33. The summed E-state index contributed by atoms with van der Waals surface area (Å²) in [5.41, 5.74) is 0.758. The van der Waals surface area contributed by atoms with E-state index >= 15 is 0 Å². The SMILES string of the molecule is CCN(CC1CCNCC1)c1cc(Cl)ccc1[N+](=O)[O-]. The molecule has 1 aliphatic heterocycles. The van der Waals surface area contributed by atoms with Crippen LogP contribution >= 0.6 is 11.6 Å². The first-order valence-corrected chi connectivity index (χ1v) is 7.39. The molecule has 0 radical (unpaired) electrons. The Labute approximate surface area is 124 Å². The van der Waals surface area contributed by atoms with E-state index < -0.39 is 0 Å². The van der Waals surface area contributed by atoms with Gasteiger partial charge in [0.15, 0.2) is 0 Å². The number of piperidine rings is 1. The Kier molecular flexibility index (Phi) is 5.20. The standard InChI is InChI=1S/C14H20ClN3O2/c1-2-17(10-11-5-7-16-8-6-11)14-9-12(15)3-4-13(14)18(19)20/h3-4,9,11,16H,2,5-8,10H2,1H3. The van der Waals surface area contributed by atoms with E-state index in [4.69, 9.17) is 11.6 Å². The molecule has 0 aromatic heterocycles. The molecule has 0 amide bonds. The lowest BCUT2D eigenvalue weighted by Gasteiger charge is -2.30. The quantitative estimate of drug-likeness (QED) is 0.670. The van der Waals surface area contributed by atoms with Gasteiger partial charge < -0.3 is 10.2 Å². The number of benzene rings is 1. The van der Waals surface area contributed by atoms with E-state index in [1.807, 2.05) is 6.92 Å². The zero-order chi connectivity index (χ0) is 14.5. The molecule has 1 aromatic rings. The third-order valence-corrected chi connectivity index (χ3v) is 4.03. The van der Waals surface area contributed by atoms with E-state index in [2.05, 4.69) is 10.2 Å². The zero-order valence-electron chi connectivity index (χ0n) is 11.6. The minimum absolute atomic E-state index is 0.130. The van der Waals surface area contributed by atoms with Crippen molar-refractivity contribution in [3.8, 4) is 0 Å². The molecule has 1 N–H and O–H groups in total. The average molecular weight is 298 g/mol. The number of nitro benzene ring substituents is 1. The maximum Gasteiger partial charge on any atom is 0.292 e. The predicted molar refractivity (Wildman–Crippen MR) is 81.6 cm³/mol. The van der Waals surface area contributed by atoms with Gasteiger partial charge in [0.1, 0.15) is 5.69 Å². The maximum atomic E-state index is 11.2. The number of nitro groups is 1. The number of halogens is 1. The largest absolute Gasteiger partial charge is 0.366 e. The number of anilines is 1. The van der Waals surface area contributed by atoms with Crippen LogP contribution < -0.4 is 10.2 Å². The average Bonchev–Trinajstić information content (AvgIpc) is 2.45. The Morgan fingerprint density at radius 2 is 2.15 bits per heavy atom. The molecule has 110 valence electrons. The van der Waals surface area contributed by atoms with Gasteiger partial charge in [0.25, 0.3) is 5.69 Å². The van der Waals surface area contributed by atoms with Crippen LogP contribution in [0, 0.1) is 16.0 Å². The smallest absolute Gasteiger partial charge is 0.292 e. The van der Waals surface area contributed by atoms with Crippen LogP contribution in [-0.2, 0) is 0 Å². The van der Waals surface area contributed by atoms with Crippen molar-refractivity contribution in [2.24, 2.45) is 5.92 Å². The third kappa shape index (κ3) is 3.61. The molecule has 1 saturated heterocycles. The molecule has 1 heterocycles. The molecule has 0 unspecified atom stereocenters. The van der Waals surface area contributed by atoms with Gasteiger partial charge in [-0.3, -0.25) is 10.1 Å². The maximum absolute atomic E-state index is 11.2. The summed E-state index contributed by atoms with van der Waals surface area (Å²) in [7, 11) is 0. The molecular weight excluding hydrogens is 278 g/mol. The molecule has 0 bridgehead atoms. The Morgan fingerprint density at radius 1 is 1.45 bits per heavy atom. The van der Waals surface area contributed by atoms with Crippen LogP contribution in [0.3, 0.4) is 0 Å². The van der Waals surface area contributed by atoms with Gasteiger partial charge in [-0.05, 0) is 50.9 Å². The summed E-state index contributed by atoms with van der Waals surface area (Å²) < 4.78 is 0. The number of hydrogen-bond donors (Lipinski definition) is 1. The van der Waals surface area contributed by atoms with Crippen LogP contribution in [0.4, 0.5) is 11.4 Å². The normalized spacial score (nSPS) is 16.1. The highest BCUT2D eigenvalue weighted by molar-refractivity contribution is 6.31. The van der Waals surface area contributed by atoms with Crippen molar-refractivity contribution in [2.45, 2.75) is 19.8 Å². The lowest BCUT2D eigenvalue weighted by molar-refractivity contribution is -0.384. The number of nitrogens with one attached hydrogen (secondary N) is 1. The summed E-state index contributed by atoms with van der Waals surface area (Å²) in [6.07, 6.45) is 2.23. The summed E-state index contributed by atoms with van der Waals surface area (Å²) >= 11 is 6.01. The van der Waals surface area contributed by atoms with Gasteiger partial charge in [0.05, 0.1) is 4.92 Å². The molecule has 0 atom stereocenters. The minimum atomic E-state index is -0.337. The van der Waals surface area contributed by atoms with Crippen LogP contribution in [0.15, 0.2) is 18.2 Å². The summed E-state index contributed by atoms with van der Waals surface area (Å²) in [5.74, 6) is 0.579. The van der Waals surface area contributed by atoms with Gasteiger partial charge in [-0.15, -0.1) is 0 Å². The monoisotopic (exact) mass is 297 g/mol. The van der Waals surface area contributed by atoms with Crippen molar-refractivity contribution in [1.82, 2.24) is 5.32 Å². The Bertz CT molecular complexity index is 475. The molecular formula is C14H20ClN3O2. The van der Waals surface area contributed by atoms with Gasteiger partial charge in [-0.25, -0.2) is 0 Å². The molecule has 5 nitrogen and oxygen atoms in total. The first-order valence-electron chi connectivity index (χ1n) is 7.01. The molecule has 0 aliphatic carbocycles. The fourth-order valence-electron chi connectivity index (χ4n) is 2.68. The van der Waals surface area contributed by atoms with E-state index in [1.165, 1.54) is 6.07 Å². The van der Waals surface area contributed by atoms with Crippen molar-refractivity contribution in [2.75, 3.05) is 31.1 Å². The van der Waals surface area contributed by atoms with Gasteiger partial charge in [-0.2, -0.15) is 0 Å². The Balaban J connectivity index is 2.21. The molecule has 0 saturated carbocycles. The summed E-state index contributed by atoms with van der Waals surface area (Å²) in [5, 5.41) is 15.0. The highest BCUT2D eigenvalue weighted by Gasteiger charge is 2.22. The molecule has 1 fully saturated rings. The van der Waals surface area contributed by atoms with Crippen molar-refractivity contribution in [1.29, 1.82) is 0 Å². The molecule has 0 spiro atoms. The second-order valence-electron chi connectivity index (χ2n) is 5.12. The minimum Gasteiger partial charge on any atom is -0.366 e. The van der Waals surface area contributed by atoms with Gasteiger partial charge in [0, 0.05) is 24.2 Å². The second-order valence-corrected chi connectivity index (χ2v) is 5.56. The van der Waals surface area contributed by atoms with E-state index in [0.29, 0.717) is 16.6 Å². The van der Waals surface area contributed by atoms with E-state index in [-0.39, 0.29) is 10.6 Å². The van der Waals surface area contributed by atoms with Gasteiger partial charge >= 0.3 is 0 Å². The van der Waals surface area contributed by atoms with E-state index in [9.17, 15) is 10.1 Å². The fraction of sp³-hybridized carbons (Fsp3) is 0.571. The van der Waals surface area contributed by atoms with E-state index in [1.54, 1.807) is 12.1 Å². The van der Waals surface area contributed by atoms with Crippen molar-refractivity contribution < 1.29 is 4.92 Å². The van der Waals surface area contributed by atoms with Crippen molar-refractivity contribution in [3.63, 3.8) is 0 Å². The van der Waals surface area contributed by atoms with Crippen molar-refractivity contribution >= 4 is 23.0 Å². The lowest BCUT2D eigenvalue weighted by atomic mass is 9.97. The van der Waals surface area contributed by atoms with Crippen LogP contribution in [0.5, 0.6) is 0 Å². The van der Waals surface area contributed by atoms with Crippen LogP contribution in [0.2, 0.25) is 5.02 Å². The highest BCUT2D eigenvalue weighted by atomic mass is 35.5. The predicted octanol–water partition coefficient (Wildman–Crippen LogP) is 3.07. The first kappa shape index (κ1) is 15.1. The summed E-state index contributed by atoms with van der Waals surface area (Å²) in [4.78, 5) is 12.9. The first-order chi connectivity index (χ1) is 9.61. The number of rotatable bonds is 5. The third-order valence-electron chi connectivity index (χ3n) is 3.79. The van der Waals surface area contributed by atoms with Crippen molar-refractivity contribution in [3.05, 3.63) is 33.3 Å². The van der Waals surface area contributed by atoms with Gasteiger partial charge in [0.2, 0.25) is 0 Å². The molecule has 2 rings (SSSR count). The topological polar surface area (TPSA) is 58.4 Å². The summed E-state index contributed by atoms with van der Waals surface area (Å²) in [6, 6.07) is 4.76. The van der Waals surface area contributed by atoms with Crippen LogP contribution in [-0.4, -0.2) is 31.1 Å². The number of hydrogen-bond acceptors (Lipinski definition) is 4. The second kappa shape index (κ2) is 6.90. The molecule has 6 heteroatoms. The fourth-order valence-corrected chi connectivity index (χ4v) is 2.84. The number of nitrogens with zero attached hydrogens (tertiary/aromatic N) is 2. The zero-order valence-corrected chi connectivity index (χ0v) is 12.4. The van der Waals surface area contributed by atoms with Crippen LogP contribution in [0.1, 0.15) is 19.8 Å². The molecule has 1 aliphatic rings. The van der Waals surface area contributed by atoms with Gasteiger partial charge in [-0.1, -0.05) is 11.6 Å². The van der Waals surface area contributed by atoms with Crippen LogP contribution in [0.25, 0.3) is 0 Å².